The highest BCUT2D eigenvalue weighted by Gasteiger charge is 2.69. The average molecular weight is 1200 g/mol. The molecule has 10 fully saturated rings. The second-order valence-corrected chi connectivity index (χ2v) is 30.7. The normalized spacial score (nSPS) is 28.1. The number of esters is 2. The first-order chi connectivity index (χ1) is 40.3. The first-order valence-electron chi connectivity index (χ1n) is 30.9. The molecule has 4 aromatic rings. The summed E-state index contributed by atoms with van der Waals surface area (Å²) < 4.78 is 82.2. The van der Waals surface area contributed by atoms with E-state index in [0.717, 1.165) is 47.0 Å². The second-order valence-electron chi connectivity index (χ2n) is 28.9. The minimum Gasteiger partial charge on any atom is -0.487 e. The lowest BCUT2D eigenvalue weighted by Gasteiger charge is -2.64. The maximum atomic E-state index is 13.5. The molecule has 0 radical (unpaired) electrons. The van der Waals surface area contributed by atoms with E-state index in [1.54, 1.807) is 11.0 Å². The van der Waals surface area contributed by atoms with Crippen molar-refractivity contribution in [2.75, 3.05) is 26.2 Å². The number of nitrogens with one attached hydrogen (secondary N) is 1. The van der Waals surface area contributed by atoms with Crippen molar-refractivity contribution in [3.8, 4) is 11.5 Å². The quantitative estimate of drug-likeness (QED) is 0.0627. The fraction of sp³-hybridized carbons (Fsp3) is 0.641. The number of carbonyl (C=O) groups is 3. The van der Waals surface area contributed by atoms with Gasteiger partial charge in [-0.2, -0.15) is 9.40 Å². The van der Waals surface area contributed by atoms with E-state index in [0.29, 0.717) is 90.3 Å². The zero-order valence-electron chi connectivity index (χ0n) is 52.7. The van der Waals surface area contributed by atoms with Crippen LogP contribution in [0.15, 0.2) is 66.1 Å². The number of ether oxygens (including phenoxy) is 5. The van der Waals surface area contributed by atoms with Crippen molar-refractivity contribution in [1.29, 1.82) is 0 Å². The number of aromatic amines is 1. The number of carbonyl (C=O) groups excluding carboxylic acids is 3. The highest BCUT2D eigenvalue weighted by atomic mass is 32.2. The summed E-state index contributed by atoms with van der Waals surface area (Å²) in [6, 6.07) is 17.2. The van der Waals surface area contributed by atoms with Gasteiger partial charge in [0, 0.05) is 0 Å². The lowest BCUT2D eigenvalue weighted by atomic mass is 9.43. The van der Waals surface area contributed by atoms with Gasteiger partial charge in [-0.15, -0.1) is 0 Å². The molecule has 5 heterocycles. The summed E-state index contributed by atoms with van der Waals surface area (Å²) in [5.74, 6) is 2.38. The molecule has 19 nitrogen and oxygen atoms in total. The van der Waals surface area contributed by atoms with Crippen LogP contribution in [0.4, 0.5) is 4.79 Å². The lowest BCUT2D eigenvalue weighted by Crippen LogP contribution is -2.65. The van der Waals surface area contributed by atoms with Gasteiger partial charge >= 0.3 is 32.3 Å². The van der Waals surface area contributed by atoms with Crippen molar-refractivity contribution in [1.82, 2.24) is 24.4 Å². The minimum atomic E-state index is -3.78. The van der Waals surface area contributed by atoms with Gasteiger partial charge in [-0.1, -0.05) is 70.2 Å². The molecule has 4 aliphatic heterocycles. The number of hydrogen-bond donors (Lipinski definition) is 1. The molecular formula is C64H87B2N5O14S. The van der Waals surface area contributed by atoms with Gasteiger partial charge in [-0.25, -0.2) is 32.9 Å². The summed E-state index contributed by atoms with van der Waals surface area (Å²) >= 11 is 0. The molecule has 1 N–H and O–H groups in total. The van der Waals surface area contributed by atoms with Crippen molar-refractivity contribution in [3.63, 3.8) is 0 Å². The summed E-state index contributed by atoms with van der Waals surface area (Å²) in [6.45, 7) is 30.0. The van der Waals surface area contributed by atoms with Crippen LogP contribution in [0.2, 0.25) is 12.6 Å². The molecule has 1 aromatic heterocycles. The largest absolute Gasteiger partial charge is 0.487 e. The Bertz CT molecular complexity index is 3310. The molecule has 14 rings (SSSR count). The van der Waals surface area contributed by atoms with E-state index in [1.807, 2.05) is 104 Å². The molecule has 8 atom stereocenters. The van der Waals surface area contributed by atoms with Gasteiger partial charge in [0.05, 0.1) is 49.6 Å². The van der Waals surface area contributed by atoms with Gasteiger partial charge in [-0.05, 0) is 195 Å². The number of nitrogens with zero attached hydrogens (tertiary/aromatic N) is 4. The topological polar surface area (TPSA) is 216 Å². The Hall–Kier alpha value is -5.51. The highest BCUT2D eigenvalue weighted by molar-refractivity contribution is 7.89. The number of hydrogen-bond acceptors (Lipinski definition) is 16. The van der Waals surface area contributed by atoms with Crippen LogP contribution in [0.3, 0.4) is 0 Å². The van der Waals surface area contributed by atoms with E-state index in [1.165, 1.54) is 17.1 Å². The molecule has 0 unspecified atom stereocenters. The molecule has 10 aliphatic rings. The maximum Gasteiger partial charge on any atom is 0.457 e. The SMILES string of the molecule is Cc1c(CCB2O[C@@H]3C[C@@H]4C[C@@H](C4(C)C)[C@]3(C)O2)ccc(OC2CN(C(=O)OCc3ccccc3)C2)c1C(=O)OC(C)(C)C.Cc1c(CCB2O[C@@H]3C[C@@H]4C[C@@H](C4(C)C)[C@]3(C)O2)ccc(OC2CN(S(=O)(=O)c3ncn[nH]3)C2)c1C(=O)OC(C)(C)C. The smallest absolute Gasteiger partial charge is 0.457 e. The molecule has 22 heteroatoms. The van der Waals surface area contributed by atoms with Crippen LogP contribution in [0.5, 0.6) is 11.5 Å². The molecule has 0 spiro atoms. The Balaban J connectivity index is 0.000000179. The van der Waals surface area contributed by atoms with Gasteiger partial charge < -0.3 is 47.2 Å². The zero-order valence-corrected chi connectivity index (χ0v) is 53.5. The number of amides is 1. The van der Waals surface area contributed by atoms with Crippen molar-refractivity contribution in [2.45, 2.75) is 207 Å². The summed E-state index contributed by atoms with van der Waals surface area (Å²) in [7, 11) is -4.33. The Labute approximate surface area is 508 Å². The molecule has 3 aromatic carbocycles. The lowest BCUT2D eigenvalue weighted by molar-refractivity contribution is -0.199. The predicted molar refractivity (Wildman–Crippen MR) is 322 cm³/mol. The van der Waals surface area contributed by atoms with Crippen molar-refractivity contribution < 1.29 is 65.1 Å². The van der Waals surface area contributed by atoms with Crippen LogP contribution in [0.1, 0.15) is 157 Å². The molecule has 464 valence electrons. The number of aromatic nitrogens is 3. The first-order valence-corrected chi connectivity index (χ1v) is 32.3. The number of rotatable bonds is 16. The summed E-state index contributed by atoms with van der Waals surface area (Å²) in [4.78, 5) is 44.8. The summed E-state index contributed by atoms with van der Waals surface area (Å²) in [5.41, 5.74) is 4.11. The van der Waals surface area contributed by atoms with E-state index in [2.05, 4.69) is 56.7 Å². The highest BCUT2D eigenvalue weighted by Crippen LogP contribution is 2.67. The van der Waals surface area contributed by atoms with Gasteiger partial charge in [0.25, 0.3) is 15.2 Å². The number of aryl methyl sites for hydroxylation is 2. The zero-order chi connectivity index (χ0) is 61.7. The summed E-state index contributed by atoms with van der Waals surface area (Å²) in [6.07, 6.45) is 7.69. The van der Waals surface area contributed by atoms with Crippen LogP contribution in [0.25, 0.3) is 0 Å². The predicted octanol–water partition coefficient (Wildman–Crippen LogP) is 10.4. The van der Waals surface area contributed by atoms with Crippen LogP contribution in [-0.2, 0) is 62.3 Å². The summed E-state index contributed by atoms with van der Waals surface area (Å²) in [5, 5.41) is 5.81. The second kappa shape index (κ2) is 22.8. The Morgan fingerprint density at radius 1 is 0.663 bits per heavy atom. The van der Waals surface area contributed by atoms with Crippen LogP contribution in [-0.4, -0.2) is 138 Å². The fourth-order valence-electron chi connectivity index (χ4n) is 15.0. The average Bonchev–Trinajstić information content (AvgIpc) is 1.39. The third-order valence-electron chi connectivity index (χ3n) is 20.3. The number of benzene rings is 3. The monoisotopic (exact) mass is 1200 g/mol. The van der Waals surface area contributed by atoms with Gasteiger partial charge in [0.15, 0.2) is 0 Å². The van der Waals surface area contributed by atoms with Crippen LogP contribution in [0, 0.1) is 48.3 Å². The fourth-order valence-corrected chi connectivity index (χ4v) is 16.3. The minimum absolute atomic E-state index is 0.128. The molecule has 1 amide bonds. The van der Waals surface area contributed by atoms with Gasteiger partial charge in [0.2, 0.25) is 0 Å². The van der Waals surface area contributed by atoms with Gasteiger partial charge in [0.1, 0.15) is 59.0 Å². The molecule has 4 saturated heterocycles. The van der Waals surface area contributed by atoms with E-state index in [4.69, 9.17) is 42.3 Å². The Morgan fingerprint density at radius 3 is 1.56 bits per heavy atom. The molecule has 6 saturated carbocycles. The third kappa shape index (κ3) is 12.0. The molecule has 86 heavy (non-hydrogen) atoms. The first kappa shape index (κ1) is 62.1. The maximum absolute atomic E-state index is 13.5. The van der Waals surface area contributed by atoms with Crippen LogP contribution >= 0.6 is 0 Å². The molecular weight excluding hydrogens is 1120 g/mol. The Morgan fingerprint density at radius 2 is 1.13 bits per heavy atom. The number of H-pyrrole nitrogens is 1. The van der Waals surface area contributed by atoms with Crippen molar-refractivity contribution in [3.05, 3.63) is 99.9 Å². The van der Waals surface area contributed by atoms with Gasteiger partial charge in [-0.3, -0.25) is 0 Å². The van der Waals surface area contributed by atoms with Crippen LogP contribution < -0.4 is 9.47 Å². The van der Waals surface area contributed by atoms with E-state index in [-0.39, 0.29) is 80.1 Å². The molecule has 4 bridgehead atoms. The third-order valence-corrected chi connectivity index (χ3v) is 21.9. The van der Waals surface area contributed by atoms with Crippen molar-refractivity contribution >= 4 is 42.3 Å². The van der Waals surface area contributed by atoms with Crippen molar-refractivity contribution in [2.24, 2.45) is 34.5 Å². The number of sulfonamides is 1. The Kier molecular flexibility index (Phi) is 16.5. The standard InChI is InChI=1S/C35H46BNO7.C29H41BN4O7S/c1-22-24(15-16-36-43-29-18-25-17-28(34(25,5)6)35(29,7)44-36)13-14-27(30(22)31(38)42-33(2,3)4)41-26-19-37(20-26)32(39)40-21-23-11-9-8-10-12-23;1-17-18(10-11-30-40-23-13-19-12-22(28(19,5)6)29(23,7)41-30)8-9-21(24(17)25(35)39-27(2,3)4)38-20-14-34(15-20)42(36,37)26-31-16-32-33-26/h8-14,25-26,28-29H,15-21H2,1-7H3;8-9,16,19-20,22-23H,10-15H2,1-7H3,(H,31,32,33)/t25-,28-,29+,35-;19-,22-,23+,29-/m00/s1. The van der Waals surface area contributed by atoms with E-state index < -0.39 is 39.3 Å². The van der Waals surface area contributed by atoms with E-state index in [9.17, 15) is 22.8 Å². The molecule has 6 aliphatic carbocycles. The number of likely N-dealkylation sites (tertiary alicyclic amines) is 1. The van der Waals surface area contributed by atoms with E-state index >= 15 is 0 Å².